The van der Waals surface area contributed by atoms with E-state index in [0.717, 1.165) is 12.1 Å². The van der Waals surface area contributed by atoms with E-state index in [4.69, 9.17) is 4.74 Å². The number of carbonyl (C=O) groups excluding carboxylic acids is 3. The number of carbonyl (C=O) groups is 3. The smallest absolute Gasteiger partial charge is 0.325 e. The molecule has 2 amide bonds. The van der Waals surface area contributed by atoms with E-state index < -0.39 is 47.6 Å². The van der Waals surface area contributed by atoms with Gasteiger partial charge in [0, 0.05) is 11.3 Å². The maximum Gasteiger partial charge on any atom is 0.325 e. The van der Waals surface area contributed by atoms with E-state index in [1.165, 1.54) is 4.90 Å². The van der Waals surface area contributed by atoms with E-state index in [2.05, 4.69) is 5.32 Å². The summed E-state index contributed by atoms with van der Waals surface area (Å²) in [4.78, 5) is 40.0. The van der Waals surface area contributed by atoms with Crippen molar-refractivity contribution in [2.45, 2.75) is 13.0 Å². The SMILES string of the molecule is CCOC(=O)CNC(=O)C(c1ccccc1)N(C(=O)c1cc(O)c(O)c(O)c1)c1ccccc1. The van der Waals surface area contributed by atoms with Crippen LogP contribution >= 0.6 is 0 Å². The molecule has 0 spiro atoms. The van der Waals surface area contributed by atoms with Crippen LogP contribution in [0.1, 0.15) is 28.9 Å². The molecule has 0 aliphatic heterocycles. The fraction of sp³-hybridized carbons (Fsp3) is 0.160. The standard InChI is InChI=1S/C25H24N2O7/c1-2-34-21(30)15-26-24(32)22(16-9-5-3-6-10-16)27(18-11-7-4-8-12-18)25(33)17-13-19(28)23(31)20(29)14-17/h3-14,22,28-29,31H,2,15H2,1H3,(H,26,32). The molecule has 0 fully saturated rings. The highest BCUT2D eigenvalue weighted by atomic mass is 16.5. The molecule has 3 aromatic rings. The molecular formula is C25H24N2O7. The first-order chi connectivity index (χ1) is 16.3. The highest BCUT2D eigenvalue weighted by Crippen LogP contribution is 2.37. The molecule has 9 heteroatoms. The van der Waals surface area contributed by atoms with E-state index in [0.29, 0.717) is 11.3 Å². The van der Waals surface area contributed by atoms with Crippen LogP contribution in [-0.4, -0.2) is 46.3 Å². The number of ether oxygens (including phenoxy) is 1. The number of para-hydroxylation sites is 1. The Morgan fingerprint density at radius 2 is 1.47 bits per heavy atom. The van der Waals surface area contributed by atoms with Crippen molar-refractivity contribution in [3.05, 3.63) is 83.9 Å². The molecule has 176 valence electrons. The Morgan fingerprint density at radius 3 is 2.03 bits per heavy atom. The molecule has 3 aromatic carbocycles. The molecular weight excluding hydrogens is 440 g/mol. The lowest BCUT2D eigenvalue weighted by Gasteiger charge is -2.31. The third kappa shape index (κ3) is 5.44. The first kappa shape index (κ1) is 24.1. The van der Waals surface area contributed by atoms with E-state index in [9.17, 15) is 29.7 Å². The van der Waals surface area contributed by atoms with Crippen LogP contribution < -0.4 is 10.2 Å². The minimum atomic E-state index is -1.22. The zero-order valence-corrected chi connectivity index (χ0v) is 18.3. The van der Waals surface area contributed by atoms with Gasteiger partial charge in [-0.3, -0.25) is 19.3 Å². The Labute approximate surface area is 195 Å². The summed E-state index contributed by atoms with van der Waals surface area (Å²) in [5, 5.41) is 32.0. The second kappa shape index (κ2) is 10.9. The van der Waals surface area contributed by atoms with Crippen LogP contribution in [0.3, 0.4) is 0 Å². The van der Waals surface area contributed by atoms with Crippen molar-refractivity contribution in [3.63, 3.8) is 0 Å². The van der Waals surface area contributed by atoms with E-state index in [-0.39, 0.29) is 12.2 Å². The Morgan fingerprint density at radius 1 is 0.912 bits per heavy atom. The summed E-state index contributed by atoms with van der Waals surface area (Å²) >= 11 is 0. The number of rotatable bonds is 8. The van der Waals surface area contributed by atoms with Gasteiger partial charge in [-0.1, -0.05) is 48.5 Å². The maximum atomic E-state index is 13.7. The molecule has 0 radical (unpaired) electrons. The number of hydrogen-bond donors (Lipinski definition) is 4. The van der Waals surface area contributed by atoms with Crippen molar-refractivity contribution >= 4 is 23.5 Å². The van der Waals surface area contributed by atoms with Gasteiger partial charge in [0.1, 0.15) is 12.6 Å². The number of nitrogens with one attached hydrogen (secondary N) is 1. The van der Waals surface area contributed by atoms with Gasteiger partial charge in [0.2, 0.25) is 5.91 Å². The summed E-state index contributed by atoms with van der Waals surface area (Å²) in [6.45, 7) is 1.40. The number of amides is 2. The third-order valence-electron chi connectivity index (χ3n) is 4.90. The lowest BCUT2D eigenvalue weighted by Crippen LogP contribution is -2.45. The normalized spacial score (nSPS) is 11.3. The van der Waals surface area contributed by atoms with E-state index >= 15 is 0 Å². The zero-order chi connectivity index (χ0) is 24.7. The van der Waals surface area contributed by atoms with Crippen LogP contribution in [0.4, 0.5) is 5.69 Å². The van der Waals surface area contributed by atoms with Gasteiger partial charge in [0.25, 0.3) is 5.91 Å². The summed E-state index contributed by atoms with van der Waals surface area (Å²) in [7, 11) is 0. The van der Waals surface area contributed by atoms with Crippen LogP contribution in [-0.2, 0) is 14.3 Å². The molecule has 0 heterocycles. The molecule has 9 nitrogen and oxygen atoms in total. The molecule has 1 unspecified atom stereocenters. The van der Waals surface area contributed by atoms with Crippen molar-refractivity contribution in [1.29, 1.82) is 0 Å². The summed E-state index contributed by atoms with van der Waals surface area (Å²) in [5.41, 5.74) is 0.628. The summed E-state index contributed by atoms with van der Waals surface area (Å²) in [6.07, 6.45) is 0. The average Bonchev–Trinajstić information content (AvgIpc) is 2.85. The van der Waals surface area contributed by atoms with Crippen LogP contribution in [0.2, 0.25) is 0 Å². The second-order valence-corrected chi connectivity index (χ2v) is 7.21. The Balaban J connectivity index is 2.10. The number of nitrogens with zero attached hydrogens (tertiary/aromatic N) is 1. The number of phenolic OH excluding ortho intramolecular Hbond substituents is 3. The van der Waals surface area contributed by atoms with E-state index in [1.807, 2.05) is 0 Å². The van der Waals surface area contributed by atoms with Crippen molar-refractivity contribution in [3.8, 4) is 17.2 Å². The topological polar surface area (TPSA) is 136 Å². The van der Waals surface area contributed by atoms with Crippen molar-refractivity contribution < 1.29 is 34.4 Å². The van der Waals surface area contributed by atoms with Gasteiger partial charge in [-0.25, -0.2) is 0 Å². The van der Waals surface area contributed by atoms with Gasteiger partial charge in [0.15, 0.2) is 17.2 Å². The fourth-order valence-electron chi connectivity index (χ4n) is 3.36. The number of aromatic hydroxyl groups is 3. The molecule has 0 saturated heterocycles. The van der Waals surface area contributed by atoms with Gasteiger partial charge in [0.05, 0.1) is 6.61 Å². The van der Waals surface area contributed by atoms with Gasteiger partial charge in [-0.2, -0.15) is 0 Å². The van der Waals surface area contributed by atoms with Gasteiger partial charge >= 0.3 is 5.97 Å². The Bertz CT molecular complexity index is 1140. The first-order valence-corrected chi connectivity index (χ1v) is 10.4. The molecule has 34 heavy (non-hydrogen) atoms. The second-order valence-electron chi connectivity index (χ2n) is 7.21. The van der Waals surface area contributed by atoms with Crippen LogP contribution in [0, 0.1) is 0 Å². The maximum absolute atomic E-state index is 13.7. The van der Waals surface area contributed by atoms with Crippen LogP contribution in [0.15, 0.2) is 72.8 Å². The van der Waals surface area contributed by atoms with Crippen molar-refractivity contribution in [2.75, 3.05) is 18.1 Å². The minimum absolute atomic E-state index is 0.152. The molecule has 0 aliphatic carbocycles. The van der Waals surface area contributed by atoms with Gasteiger partial charge in [-0.15, -0.1) is 0 Å². The van der Waals surface area contributed by atoms with Gasteiger partial charge in [-0.05, 0) is 36.8 Å². The molecule has 3 rings (SSSR count). The van der Waals surface area contributed by atoms with Crippen LogP contribution in [0.5, 0.6) is 17.2 Å². The monoisotopic (exact) mass is 464 g/mol. The number of esters is 1. The largest absolute Gasteiger partial charge is 0.504 e. The highest BCUT2D eigenvalue weighted by molar-refractivity contribution is 6.10. The minimum Gasteiger partial charge on any atom is -0.504 e. The Kier molecular flexibility index (Phi) is 7.71. The number of phenols is 3. The molecule has 0 aromatic heterocycles. The van der Waals surface area contributed by atoms with Crippen LogP contribution in [0.25, 0.3) is 0 Å². The first-order valence-electron chi connectivity index (χ1n) is 10.4. The number of benzene rings is 3. The quantitative estimate of drug-likeness (QED) is 0.297. The fourth-order valence-corrected chi connectivity index (χ4v) is 3.36. The number of anilines is 1. The predicted octanol–water partition coefficient (Wildman–Crippen LogP) is 2.87. The Hall–Kier alpha value is -4.53. The van der Waals surface area contributed by atoms with E-state index in [1.54, 1.807) is 67.6 Å². The lowest BCUT2D eigenvalue weighted by molar-refractivity contribution is -0.143. The molecule has 0 bridgehead atoms. The predicted molar refractivity (Wildman–Crippen MR) is 124 cm³/mol. The highest BCUT2D eigenvalue weighted by Gasteiger charge is 2.34. The van der Waals surface area contributed by atoms with Crippen molar-refractivity contribution in [2.24, 2.45) is 0 Å². The summed E-state index contributed by atoms with van der Waals surface area (Å²) in [6, 6.07) is 17.6. The summed E-state index contributed by atoms with van der Waals surface area (Å²) in [5.74, 6) is -4.18. The molecule has 4 N–H and O–H groups in total. The summed E-state index contributed by atoms with van der Waals surface area (Å²) < 4.78 is 4.86. The lowest BCUT2D eigenvalue weighted by atomic mass is 10.0. The zero-order valence-electron chi connectivity index (χ0n) is 18.3. The molecule has 0 aliphatic rings. The number of hydrogen-bond acceptors (Lipinski definition) is 7. The third-order valence-corrected chi connectivity index (χ3v) is 4.90. The average molecular weight is 464 g/mol. The van der Waals surface area contributed by atoms with Crippen molar-refractivity contribution in [1.82, 2.24) is 5.32 Å². The molecule has 1 atom stereocenters. The van der Waals surface area contributed by atoms with Gasteiger partial charge < -0.3 is 25.4 Å². The molecule has 0 saturated carbocycles.